The van der Waals surface area contributed by atoms with Gasteiger partial charge >= 0.3 is 0 Å². The van der Waals surface area contributed by atoms with Crippen LogP contribution in [0.4, 0.5) is 5.69 Å². The molecular formula is C12H20N2O2. The summed E-state index contributed by atoms with van der Waals surface area (Å²) in [4.78, 5) is 22.6. The van der Waals surface area contributed by atoms with E-state index in [1.807, 2.05) is 20.9 Å². The molecule has 0 aromatic heterocycles. The molecule has 1 rings (SSSR count). The second-order valence-corrected chi connectivity index (χ2v) is 4.34. The predicted octanol–water partition coefficient (Wildman–Crippen LogP) is 0.817. The molecule has 4 nitrogen and oxygen atoms in total. The van der Waals surface area contributed by atoms with Crippen molar-refractivity contribution in [3.05, 3.63) is 26.0 Å². The summed E-state index contributed by atoms with van der Waals surface area (Å²) < 4.78 is 0. The van der Waals surface area contributed by atoms with E-state index in [1.54, 1.807) is 0 Å². The molecule has 0 fully saturated rings. The lowest BCUT2D eigenvalue weighted by molar-refractivity contribution is 0.693. The number of hydrogen-bond acceptors (Lipinski definition) is 4. The van der Waals surface area contributed by atoms with Crippen molar-refractivity contribution >= 4 is 5.69 Å². The van der Waals surface area contributed by atoms with E-state index in [4.69, 9.17) is 0 Å². The van der Waals surface area contributed by atoms with E-state index in [0.717, 1.165) is 25.9 Å². The maximum Gasteiger partial charge on any atom is 0.249 e. The van der Waals surface area contributed by atoms with Crippen LogP contribution < -0.4 is 21.5 Å². The van der Waals surface area contributed by atoms with Crippen molar-refractivity contribution in [1.29, 1.82) is 0 Å². The quantitative estimate of drug-likeness (QED) is 0.532. The molecule has 0 aliphatic heterocycles. The van der Waals surface area contributed by atoms with E-state index in [0.29, 0.717) is 11.3 Å². The Bertz CT molecular complexity index is 403. The van der Waals surface area contributed by atoms with Gasteiger partial charge in [0.1, 0.15) is 0 Å². The fourth-order valence-corrected chi connectivity index (χ4v) is 1.78. The van der Waals surface area contributed by atoms with Crippen LogP contribution >= 0.6 is 0 Å². The number of unbranched alkanes of at least 4 members (excludes halogenated alkanes) is 1. The Balaban J connectivity index is 2.46. The average Bonchev–Trinajstić information content (AvgIpc) is 2.25. The Morgan fingerprint density at radius 2 is 1.69 bits per heavy atom. The van der Waals surface area contributed by atoms with Gasteiger partial charge in [-0.25, -0.2) is 0 Å². The fourth-order valence-electron chi connectivity index (χ4n) is 1.78. The van der Waals surface area contributed by atoms with Gasteiger partial charge in [0, 0.05) is 12.1 Å². The third-order valence-corrected chi connectivity index (χ3v) is 2.68. The molecule has 0 bridgehead atoms. The minimum Gasteiger partial charge on any atom is -0.381 e. The van der Waals surface area contributed by atoms with Crippen LogP contribution in [0.5, 0.6) is 0 Å². The number of nitrogens with one attached hydrogen (secondary N) is 2. The van der Waals surface area contributed by atoms with E-state index in [-0.39, 0.29) is 16.8 Å². The summed E-state index contributed by atoms with van der Waals surface area (Å²) in [5, 5.41) is 6.14. The molecule has 16 heavy (non-hydrogen) atoms. The van der Waals surface area contributed by atoms with Crippen molar-refractivity contribution in [3.8, 4) is 0 Å². The molecule has 0 saturated carbocycles. The van der Waals surface area contributed by atoms with Crippen molar-refractivity contribution in [1.82, 2.24) is 5.32 Å². The van der Waals surface area contributed by atoms with Crippen LogP contribution in [-0.4, -0.2) is 20.1 Å². The first-order chi connectivity index (χ1) is 7.59. The predicted molar refractivity (Wildman–Crippen MR) is 67.1 cm³/mol. The van der Waals surface area contributed by atoms with Crippen LogP contribution in [-0.2, 0) is 0 Å². The first-order valence-electron chi connectivity index (χ1n) is 5.81. The van der Waals surface area contributed by atoms with E-state index in [9.17, 15) is 9.59 Å². The molecule has 1 aromatic rings. The molecule has 0 amide bonds. The van der Waals surface area contributed by atoms with Gasteiger partial charge in [0.25, 0.3) is 0 Å². The van der Waals surface area contributed by atoms with Crippen LogP contribution in [0, 0.1) is 0 Å². The van der Waals surface area contributed by atoms with Gasteiger partial charge in [0.2, 0.25) is 10.9 Å². The van der Waals surface area contributed by atoms with Gasteiger partial charge in [-0.2, -0.15) is 0 Å². The molecule has 0 spiro atoms. The maximum absolute atomic E-state index is 11.3. The molecule has 1 aromatic carbocycles. The van der Waals surface area contributed by atoms with Gasteiger partial charge in [-0.1, -0.05) is 13.8 Å². The summed E-state index contributed by atoms with van der Waals surface area (Å²) >= 11 is 0. The Morgan fingerprint density at radius 1 is 1.06 bits per heavy atom. The molecule has 2 N–H and O–H groups in total. The molecule has 0 heterocycles. The summed E-state index contributed by atoms with van der Waals surface area (Å²) in [5.41, 5.74) is 0.549. The van der Waals surface area contributed by atoms with E-state index < -0.39 is 0 Å². The van der Waals surface area contributed by atoms with Crippen LogP contribution in [0.2, 0.25) is 0 Å². The molecule has 0 radical (unpaired) electrons. The number of rotatable bonds is 7. The van der Waals surface area contributed by atoms with Crippen molar-refractivity contribution in [2.75, 3.05) is 25.5 Å². The summed E-state index contributed by atoms with van der Waals surface area (Å²) in [7, 11) is 1.92. The summed E-state index contributed by atoms with van der Waals surface area (Å²) in [5.74, 6) is 0.130. The lowest BCUT2D eigenvalue weighted by Gasteiger charge is -2.15. The fraction of sp³-hybridized carbons (Fsp3) is 0.667. The Labute approximate surface area is 95.8 Å². The highest BCUT2D eigenvalue weighted by atomic mass is 16.2. The van der Waals surface area contributed by atoms with Crippen LogP contribution in [0.15, 0.2) is 9.59 Å². The zero-order valence-corrected chi connectivity index (χ0v) is 10.2. The first-order valence-corrected chi connectivity index (χ1v) is 5.81. The molecule has 0 saturated heterocycles. The Hall–Kier alpha value is -1.16. The van der Waals surface area contributed by atoms with Gasteiger partial charge in [0.05, 0.1) is 5.69 Å². The standard InChI is InChI=1S/C12H20N2O2/c1-8(2)9-10(12(16)11(9)15)14-7-5-4-6-13-3/h8,13-14H,4-7H2,1-3H3. The highest BCUT2D eigenvalue weighted by Crippen LogP contribution is 2.18. The average molecular weight is 224 g/mol. The molecular weight excluding hydrogens is 204 g/mol. The zero-order chi connectivity index (χ0) is 12.1. The molecule has 90 valence electrons. The SMILES string of the molecule is CNCCCCNc1c(C(C)C)c(=O)c1=O. The Kier molecular flexibility index (Phi) is 4.68. The third kappa shape index (κ3) is 2.70. The van der Waals surface area contributed by atoms with Crippen molar-refractivity contribution in [3.63, 3.8) is 0 Å². The summed E-state index contributed by atoms with van der Waals surface area (Å²) in [6.45, 7) is 5.60. The molecule has 0 aliphatic rings. The minimum atomic E-state index is -0.350. The highest BCUT2D eigenvalue weighted by Gasteiger charge is 2.22. The van der Waals surface area contributed by atoms with E-state index in [1.165, 1.54) is 0 Å². The highest BCUT2D eigenvalue weighted by molar-refractivity contribution is 5.57. The molecule has 0 unspecified atom stereocenters. The van der Waals surface area contributed by atoms with E-state index in [2.05, 4.69) is 10.6 Å². The topological polar surface area (TPSA) is 58.2 Å². The molecule has 4 heteroatoms. The van der Waals surface area contributed by atoms with Crippen molar-refractivity contribution in [2.24, 2.45) is 0 Å². The van der Waals surface area contributed by atoms with Gasteiger partial charge < -0.3 is 10.6 Å². The normalized spacial score (nSPS) is 11.2. The summed E-state index contributed by atoms with van der Waals surface area (Å²) in [6.07, 6.45) is 2.06. The van der Waals surface area contributed by atoms with Gasteiger partial charge in [0.15, 0.2) is 0 Å². The molecule has 0 atom stereocenters. The van der Waals surface area contributed by atoms with Gasteiger partial charge in [-0.15, -0.1) is 0 Å². The Morgan fingerprint density at radius 3 is 2.25 bits per heavy atom. The third-order valence-electron chi connectivity index (χ3n) is 2.68. The lowest BCUT2D eigenvalue weighted by atomic mass is 9.96. The monoisotopic (exact) mass is 224 g/mol. The zero-order valence-electron chi connectivity index (χ0n) is 10.2. The van der Waals surface area contributed by atoms with Crippen molar-refractivity contribution < 1.29 is 0 Å². The smallest absolute Gasteiger partial charge is 0.249 e. The van der Waals surface area contributed by atoms with Crippen LogP contribution in [0.1, 0.15) is 38.2 Å². The number of hydrogen-bond donors (Lipinski definition) is 2. The largest absolute Gasteiger partial charge is 0.381 e. The summed E-state index contributed by atoms with van der Waals surface area (Å²) in [6, 6.07) is 0. The number of anilines is 1. The van der Waals surface area contributed by atoms with Crippen LogP contribution in [0.25, 0.3) is 0 Å². The second-order valence-electron chi connectivity index (χ2n) is 4.34. The maximum atomic E-state index is 11.3. The van der Waals surface area contributed by atoms with Crippen molar-refractivity contribution in [2.45, 2.75) is 32.6 Å². The van der Waals surface area contributed by atoms with E-state index >= 15 is 0 Å². The second kappa shape index (κ2) is 5.80. The molecule has 0 aliphatic carbocycles. The lowest BCUT2D eigenvalue weighted by Crippen LogP contribution is -2.39. The van der Waals surface area contributed by atoms with Crippen LogP contribution in [0.3, 0.4) is 0 Å². The first kappa shape index (κ1) is 12.9. The minimum absolute atomic E-state index is 0.130. The van der Waals surface area contributed by atoms with Gasteiger partial charge in [-0.3, -0.25) is 9.59 Å². The van der Waals surface area contributed by atoms with Gasteiger partial charge in [-0.05, 0) is 32.4 Å².